The van der Waals surface area contributed by atoms with E-state index in [2.05, 4.69) is 0 Å². The lowest BCUT2D eigenvalue weighted by molar-refractivity contribution is -0.114. The first kappa shape index (κ1) is 22.4. The highest BCUT2D eigenvalue weighted by atomic mass is 35.5. The fourth-order valence-electron chi connectivity index (χ4n) is 3.58. The molecule has 0 radical (unpaired) electrons. The Morgan fingerprint density at radius 1 is 0.844 bits per heavy atom. The molecular weight excluding hydrogens is 467 g/mol. The van der Waals surface area contributed by atoms with Gasteiger partial charge in [0, 0.05) is 35.5 Å². The molecule has 3 aromatic rings. The van der Waals surface area contributed by atoms with Crippen molar-refractivity contribution in [1.82, 2.24) is 0 Å². The molecule has 3 aromatic carbocycles. The zero-order valence-electron chi connectivity index (χ0n) is 17.4. The van der Waals surface area contributed by atoms with Crippen molar-refractivity contribution < 1.29 is 13.2 Å². The van der Waals surface area contributed by atoms with Crippen molar-refractivity contribution in [2.75, 3.05) is 23.9 Å². The van der Waals surface area contributed by atoms with Crippen LogP contribution < -0.4 is 9.80 Å². The number of rotatable bonds is 4. The molecule has 0 aromatic heterocycles. The molecule has 0 unspecified atom stereocenters. The Labute approximate surface area is 197 Å². The maximum absolute atomic E-state index is 13.6. The molecular formula is C24H20Cl2N2O3S. The van der Waals surface area contributed by atoms with E-state index in [0.717, 1.165) is 5.69 Å². The van der Waals surface area contributed by atoms with Crippen molar-refractivity contribution in [3.8, 4) is 0 Å². The van der Waals surface area contributed by atoms with Crippen molar-refractivity contribution in [1.29, 1.82) is 0 Å². The van der Waals surface area contributed by atoms with Gasteiger partial charge in [-0.3, -0.25) is 9.69 Å². The molecule has 4 rings (SSSR count). The summed E-state index contributed by atoms with van der Waals surface area (Å²) in [6, 6.07) is 20.3. The van der Waals surface area contributed by atoms with Crippen LogP contribution in [0.4, 0.5) is 11.4 Å². The summed E-state index contributed by atoms with van der Waals surface area (Å²) in [5.74, 6) is -0.594. The van der Waals surface area contributed by atoms with E-state index in [1.54, 1.807) is 60.7 Å². The van der Waals surface area contributed by atoms with Crippen molar-refractivity contribution in [3.05, 3.63) is 98.9 Å². The number of carbonyl (C=O) groups excluding carboxylic acids is 1. The van der Waals surface area contributed by atoms with Crippen molar-refractivity contribution in [3.63, 3.8) is 0 Å². The van der Waals surface area contributed by atoms with Crippen molar-refractivity contribution >= 4 is 56.4 Å². The lowest BCUT2D eigenvalue weighted by Gasteiger charge is -2.23. The average molecular weight is 487 g/mol. The molecule has 32 heavy (non-hydrogen) atoms. The van der Waals surface area contributed by atoms with E-state index < -0.39 is 21.1 Å². The van der Waals surface area contributed by atoms with E-state index in [1.165, 1.54) is 11.0 Å². The quantitative estimate of drug-likeness (QED) is 0.452. The second kappa shape index (κ2) is 8.62. The van der Waals surface area contributed by atoms with Gasteiger partial charge in [0.1, 0.15) is 4.91 Å². The summed E-state index contributed by atoms with van der Waals surface area (Å²) in [7, 11) is -0.192. The average Bonchev–Trinajstić information content (AvgIpc) is 2.96. The van der Waals surface area contributed by atoms with Crippen LogP contribution in [-0.4, -0.2) is 28.4 Å². The maximum atomic E-state index is 13.6. The Kier molecular flexibility index (Phi) is 6.03. The molecule has 164 valence electrons. The van der Waals surface area contributed by atoms with Gasteiger partial charge < -0.3 is 4.90 Å². The highest BCUT2D eigenvalue weighted by Gasteiger charge is 2.50. The largest absolute Gasteiger partial charge is 0.378 e. The van der Waals surface area contributed by atoms with Gasteiger partial charge in [-0.05, 0) is 65.7 Å². The smallest absolute Gasteiger partial charge is 0.271 e. The van der Waals surface area contributed by atoms with Crippen LogP contribution in [-0.2, 0) is 14.6 Å². The van der Waals surface area contributed by atoms with Gasteiger partial charge in [-0.1, -0.05) is 47.5 Å². The number of amides is 1. The third kappa shape index (κ3) is 4.13. The lowest BCUT2D eigenvalue weighted by atomic mass is 10.1. The van der Waals surface area contributed by atoms with E-state index in [4.69, 9.17) is 23.2 Å². The molecule has 0 aliphatic carbocycles. The van der Waals surface area contributed by atoms with Crippen LogP contribution >= 0.6 is 23.2 Å². The Morgan fingerprint density at radius 2 is 1.38 bits per heavy atom. The Balaban J connectivity index is 1.86. The summed E-state index contributed by atoms with van der Waals surface area (Å²) in [5.41, 5.74) is 2.48. The van der Waals surface area contributed by atoms with E-state index in [9.17, 15) is 13.2 Å². The fourth-order valence-corrected chi connectivity index (χ4v) is 5.72. The molecule has 1 fully saturated rings. The van der Waals surface area contributed by atoms with Gasteiger partial charge >= 0.3 is 0 Å². The van der Waals surface area contributed by atoms with Gasteiger partial charge in [0.15, 0.2) is 5.37 Å². The molecule has 1 saturated heterocycles. The number of halogens is 2. The van der Waals surface area contributed by atoms with Crippen LogP contribution in [0, 0.1) is 0 Å². The Bertz CT molecular complexity index is 1280. The standard InChI is InChI=1S/C24H20Cl2N2O3S/c1-27(2)20-11-3-16(4-12-20)15-22-23(29)28(21-13-9-19(26)10-14-21)24(32(22,30)31)17-5-7-18(25)8-6-17/h3-15,24H,1-2H3/b22-15+/t24-/m1/s1. The maximum Gasteiger partial charge on any atom is 0.271 e. The van der Waals surface area contributed by atoms with E-state index in [-0.39, 0.29) is 4.91 Å². The number of carbonyl (C=O) groups is 1. The molecule has 0 spiro atoms. The summed E-state index contributed by atoms with van der Waals surface area (Å²) in [6.45, 7) is 0. The summed E-state index contributed by atoms with van der Waals surface area (Å²) in [4.78, 5) is 16.4. The number of benzene rings is 3. The summed E-state index contributed by atoms with van der Waals surface area (Å²) >= 11 is 12.0. The second-order valence-corrected chi connectivity index (χ2v) is 10.4. The van der Waals surface area contributed by atoms with Crippen LogP contribution in [0.3, 0.4) is 0 Å². The van der Waals surface area contributed by atoms with E-state index in [1.807, 2.05) is 31.1 Å². The number of hydrogen-bond acceptors (Lipinski definition) is 4. The fraction of sp³-hybridized carbons (Fsp3) is 0.125. The predicted molar refractivity (Wildman–Crippen MR) is 131 cm³/mol. The SMILES string of the molecule is CN(C)c1ccc(/C=C2\C(=O)N(c3ccc(Cl)cc3)[C@@H](c3ccc(Cl)cc3)S2(=O)=O)cc1. The highest BCUT2D eigenvalue weighted by molar-refractivity contribution is 7.97. The zero-order valence-corrected chi connectivity index (χ0v) is 19.7. The minimum Gasteiger partial charge on any atom is -0.378 e. The summed E-state index contributed by atoms with van der Waals surface area (Å²) < 4.78 is 27.2. The van der Waals surface area contributed by atoms with Gasteiger partial charge in [-0.25, -0.2) is 8.42 Å². The normalized spacial score (nSPS) is 18.9. The van der Waals surface area contributed by atoms with Crippen LogP contribution in [0.5, 0.6) is 0 Å². The van der Waals surface area contributed by atoms with Crippen molar-refractivity contribution in [2.24, 2.45) is 0 Å². The van der Waals surface area contributed by atoms with Crippen molar-refractivity contribution in [2.45, 2.75) is 5.37 Å². The zero-order chi connectivity index (χ0) is 23.0. The molecule has 1 aliphatic heterocycles. The molecule has 0 saturated carbocycles. The molecule has 0 N–H and O–H groups in total. The minimum absolute atomic E-state index is 0.259. The molecule has 0 bridgehead atoms. The minimum atomic E-state index is -4.02. The number of anilines is 2. The van der Waals surface area contributed by atoms with Crippen LogP contribution in [0.25, 0.3) is 6.08 Å². The number of nitrogens with zero attached hydrogens (tertiary/aromatic N) is 2. The first-order valence-corrected chi connectivity index (χ1v) is 12.1. The van der Waals surface area contributed by atoms with Gasteiger partial charge in [0.25, 0.3) is 5.91 Å². The predicted octanol–water partition coefficient (Wildman–Crippen LogP) is 5.56. The monoisotopic (exact) mass is 486 g/mol. The van der Waals surface area contributed by atoms with E-state index in [0.29, 0.717) is 26.9 Å². The molecule has 1 heterocycles. The highest BCUT2D eigenvalue weighted by Crippen LogP contribution is 2.43. The summed E-state index contributed by atoms with van der Waals surface area (Å²) in [5, 5.41) is -0.242. The van der Waals surface area contributed by atoms with Crippen LogP contribution in [0.15, 0.2) is 77.7 Å². The van der Waals surface area contributed by atoms with Crippen LogP contribution in [0.2, 0.25) is 10.0 Å². The van der Waals surface area contributed by atoms with Gasteiger partial charge in [-0.2, -0.15) is 0 Å². The molecule has 5 nitrogen and oxygen atoms in total. The van der Waals surface area contributed by atoms with E-state index >= 15 is 0 Å². The van der Waals surface area contributed by atoms with Gasteiger partial charge in [-0.15, -0.1) is 0 Å². The molecule has 1 aliphatic rings. The third-order valence-corrected chi connectivity index (χ3v) is 7.71. The second-order valence-electron chi connectivity index (χ2n) is 7.60. The Morgan fingerprint density at radius 3 is 1.91 bits per heavy atom. The molecule has 8 heteroatoms. The first-order valence-electron chi connectivity index (χ1n) is 9.76. The molecule has 1 atom stereocenters. The number of sulfone groups is 1. The number of hydrogen-bond donors (Lipinski definition) is 0. The van der Waals surface area contributed by atoms with Gasteiger partial charge in [0.05, 0.1) is 0 Å². The molecule has 1 amide bonds. The lowest BCUT2D eigenvalue weighted by Crippen LogP contribution is -2.28. The van der Waals surface area contributed by atoms with Crippen LogP contribution in [0.1, 0.15) is 16.5 Å². The topological polar surface area (TPSA) is 57.7 Å². The van der Waals surface area contributed by atoms with Gasteiger partial charge in [0.2, 0.25) is 9.84 Å². The Hall–Kier alpha value is -2.80. The first-order chi connectivity index (χ1) is 15.2. The summed E-state index contributed by atoms with van der Waals surface area (Å²) in [6.07, 6.45) is 1.43. The third-order valence-electron chi connectivity index (χ3n) is 5.23.